The van der Waals surface area contributed by atoms with Crippen LogP contribution in [0.2, 0.25) is 0 Å². The molecule has 1 aromatic carbocycles. The van der Waals surface area contributed by atoms with Gasteiger partial charge in [-0.05, 0) is 37.1 Å². The molecule has 0 spiro atoms. The fourth-order valence-electron chi connectivity index (χ4n) is 1.38. The first kappa shape index (κ1) is 7.41. The minimum absolute atomic E-state index is 0.733. The van der Waals surface area contributed by atoms with Crippen LogP contribution in [-0.4, -0.2) is 6.61 Å². The van der Waals surface area contributed by atoms with Crippen molar-refractivity contribution in [1.29, 1.82) is 0 Å². The highest BCUT2D eigenvalue weighted by Crippen LogP contribution is 2.26. The zero-order valence-corrected chi connectivity index (χ0v) is 7.42. The molecule has 0 aromatic heterocycles. The topological polar surface area (TPSA) is 9.23 Å². The Morgan fingerprint density at radius 2 is 2.08 bits per heavy atom. The molecule has 0 atom stereocenters. The second-order valence-electron chi connectivity index (χ2n) is 3.32. The number of rotatable bonds is 0. The van der Waals surface area contributed by atoms with Gasteiger partial charge in [-0.2, -0.15) is 0 Å². The molecule has 0 bridgehead atoms. The molecule has 1 aliphatic rings. The van der Waals surface area contributed by atoms with E-state index in [9.17, 15) is 0 Å². The van der Waals surface area contributed by atoms with Crippen LogP contribution in [0.4, 0.5) is 0 Å². The van der Waals surface area contributed by atoms with Crippen LogP contribution < -0.4 is 4.74 Å². The van der Waals surface area contributed by atoms with Crippen LogP contribution in [0.1, 0.15) is 18.1 Å². The fourth-order valence-corrected chi connectivity index (χ4v) is 1.38. The summed E-state index contributed by atoms with van der Waals surface area (Å²) in [7, 11) is 0. The second kappa shape index (κ2) is 2.67. The first-order chi connectivity index (χ1) is 5.75. The van der Waals surface area contributed by atoms with Crippen LogP contribution in [0, 0.1) is 6.92 Å². The second-order valence-corrected chi connectivity index (χ2v) is 3.32. The average Bonchev–Trinajstić information content (AvgIpc) is 2.05. The van der Waals surface area contributed by atoms with Crippen molar-refractivity contribution >= 4 is 6.08 Å². The third-order valence-electron chi connectivity index (χ3n) is 2.03. The first-order valence-corrected chi connectivity index (χ1v) is 4.16. The third-order valence-corrected chi connectivity index (χ3v) is 2.03. The molecular weight excluding hydrogens is 148 g/mol. The number of benzene rings is 1. The zero-order chi connectivity index (χ0) is 8.55. The lowest BCUT2D eigenvalue weighted by molar-refractivity contribution is 0.347. The molecule has 1 nitrogen and oxygen atoms in total. The molecule has 0 unspecified atom stereocenters. The SMILES string of the molecule is CC1=Cc2ccc(C)cc2OC1. The van der Waals surface area contributed by atoms with Crippen molar-refractivity contribution in [2.45, 2.75) is 13.8 Å². The molecule has 0 saturated heterocycles. The van der Waals surface area contributed by atoms with Crippen molar-refractivity contribution in [3.8, 4) is 5.75 Å². The molecule has 0 amide bonds. The average molecular weight is 160 g/mol. The number of fused-ring (bicyclic) bond motifs is 1. The molecule has 0 saturated carbocycles. The maximum atomic E-state index is 5.55. The van der Waals surface area contributed by atoms with Gasteiger partial charge in [0.1, 0.15) is 12.4 Å². The summed E-state index contributed by atoms with van der Waals surface area (Å²) in [6.07, 6.45) is 2.18. The summed E-state index contributed by atoms with van der Waals surface area (Å²) in [6.45, 7) is 4.90. The van der Waals surface area contributed by atoms with Gasteiger partial charge in [0, 0.05) is 5.56 Å². The summed E-state index contributed by atoms with van der Waals surface area (Å²) in [6, 6.07) is 6.29. The Kier molecular flexibility index (Phi) is 1.65. The highest BCUT2D eigenvalue weighted by Gasteiger charge is 2.07. The molecule has 0 fully saturated rings. The summed E-state index contributed by atoms with van der Waals surface area (Å²) in [5.41, 5.74) is 3.73. The summed E-state index contributed by atoms with van der Waals surface area (Å²) in [5, 5.41) is 0. The molecule has 0 aliphatic carbocycles. The van der Waals surface area contributed by atoms with Crippen molar-refractivity contribution in [3.63, 3.8) is 0 Å². The number of ether oxygens (including phenoxy) is 1. The van der Waals surface area contributed by atoms with E-state index in [1.165, 1.54) is 16.7 Å². The smallest absolute Gasteiger partial charge is 0.127 e. The van der Waals surface area contributed by atoms with Gasteiger partial charge in [-0.25, -0.2) is 0 Å². The first-order valence-electron chi connectivity index (χ1n) is 4.16. The van der Waals surface area contributed by atoms with Crippen LogP contribution in [0.15, 0.2) is 23.8 Å². The van der Waals surface area contributed by atoms with Gasteiger partial charge in [0.25, 0.3) is 0 Å². The van der Waals surface area contributed by atoms with Gasteiger partial charge in [0.2, 0.25) is 0 Å². The lowest BCUT2D eigenvalue weighted by Gasteiger charge is -2.15. The monoisotopic (exact) mass is 160 g/mol. The Bertz CT molecular complexity index is 337. The molecule has 1 aromatic rings. The third kappa shape index (κ3) is 1.22. The van der Waals surface area contributed by atoms with Crippen LogP contribution in [0.3, 0.4) is 0 Å². The minimum atomic E-state index is 0.733. The van der Waals surface area contributed by atoms with E-state index in [1.54, 1.807) is 0 Å². The van der Waals surface area contributed by atoms with Crippen molar-refractivity contribution in [2.75, 3.05) is 6.61 Å². The van der Waals surface area contributed by atoms with E-state index in [0.717, 1.165) is 12.4 Å². The van der Waals surface area contributed by atoms with Crippen molar-refractivity contribution in [3.05, 3.63) is 34.9 Å². The molecule has 2 rings (SSSR count). The van der Waals surface area contributed by atoms with E-state index in [-0.39, 0.29) is 0 Å². The van der Waals surface area contributed by atoms with Crippen molar-refractivity contribution in [2.24, 2.45) is 0 Å². The van der Waals surface area contributed by atoms with Gasteiger partial charge in [-0.15, -0.1) is 0 Å². The summed E-state index contributed by atoms with van der Waals surface area (Å²) in [5.74, 6) is 1.01. The Morgan fingerprint density at radius 3 is 2.92 bits per heavy atom. The lowest BCUT2D eigenvalue weighted by atomic mass is 10.1. The number of aryl methyl sites for hydroxylation is 1. The quantitative estimate of drug-likeness (QED) is 0.567. The van der Waals surface area contributed by atoms with Gasteiger partial charge < -0.3 is 4.74 Å². The van der Waals surface area contributed by atoms with Crippen LogP contribution in [0.25, 0.3) is 6.08 Å². The summed E-state index contributed by atoms with van der Waals surface area (Å²) >= 11 is 0. The van der Waals surface area contributed by atoms with Gasteiger partial charge >= 0.3 is 0 Å². The Labute approximate surface area is 72.7 Å². The predicted octanol–water partition coefficient (Wildman–Crippen LogP) is 2.79. The van der Waals surface area contributed by atoms with E-state index in [1.807, 2.05) is 0 Å². The molecule has 1 aliphatic heterocycles. The van der Waals surface area contributed by atoms with Gasteiger partial charge in [0.05, 0.1) is 0 Å². The van der Waals surface area contributed by atoms with E-state index < -0.39 is 0 Å². The summed E-state index contributed by atoms with van der Waals surface area (Å²) in [4.78, 5) is 0. The molecule has 1 heteroatoms. The minimum Gasteiger partial charge on any atom is -0.489 e. The zero-order valence-electron chi connectivity index (χ0n) is 7.42. The molecule has 1 heterocycles. The van der Waals surface area contributed by atoms with Crippen molar-refractivity contribution in [1.82, 2.24) is 0 Å². The van der Waals surface area contributed by atoms with Gasteiger partial charge in [-0.1, -0.05) is 12.1 Å². The number of hydrogen-bond donors (Lipinski definition) is 0. The summed E-state index contributed by atoms with van der Waals surface area (Å²) < 4.78 is 5.55. The molecule has 0 radical (unpaired) electrons. The highest BCUT2D eigenvalue weighted by atomic mass is 16.5. The Balaban J connectivity index is 2.51. The van der Waals surface area contributed by atoms with E-state index in [2.05, 4.69) is 38.1 Å². The highest BCUT2D eigenvalue weighted by molar-refractivity contribution is 5.62. The Hall–Kier alpha value is -1.24. The van der Waals surface area contributed by atoms with Crippen LogP contribution in [0.5, 0.6) is 5.75 Å². The predicted molar refractivity (Wildman–Crippen MR) is 50.3 cm³/mol. The molecular formula is C11H12O. The fraction of sp³-hybridized carbons (Fsp3) is 0.273. The molecule has 0 N–H and O–H groups in total. The molecule has 62 valence electrons. The largest absolute Gasteiger partial charge is 0.489 e. The van der Waals surface area contributed by atoms with Gasteiger partial charge in [0.15, 0.2) is 0 Å². The van der Waals surface area contributed by atoms with Gasteiger partial charge in [-0.3, -0.25) is 0 Å². The van der Waals surface area contributed by atoms with Crippen LogP contribution in [-0.2, 0) is 0 Å². The lowest BCUT2D eigenvalue weighted by Crippen LogP contribution is -2.04. The van der Waals surface area contributed by atoms with E-state index >= 15 is 0 Å². The molecule has 12 heavy (non-hydrogen) atoms. The van der Waals surface area contributed by atoms with Crippen LogP contribution >= 0.6 is 0 Å². The maximum Gasteiger partial charge on any atom is 0.127 e. The standard InChI is InChI=1S/C11H12O/c1-8-3-4-10-5-9(2)7-12-11(10)6-8/h3-6H,7H2,1-2H3. The Morgan fingerprint density at radius 1 is 1.25 bits per heavy atom. The van der Waals surface area contributed by atoms with Crippen molar-refractivity contribution < 1.29 is 4.74 Å². The number of hydrogen-bond acceptors (Lipinski definition) is 1. The maximum absolute atomic E-state index is 5.55. The normalized spacial score (nSPS) is 14.7. The van der Waals surface area contributed by atoms with E-state index in [4.69, 9.17) is 4.74 Å². The van der Waals surface area contributed by atoms with E-state index in [0.29, 0.717) is 0 Å².